The number of carbonyl (C=O) groups is 2. The van der Waals surface area contributed by atoms with Crippen LogP contribution in [0.5, 0.6) is 11.5 Å². The Morgan fingerprint density at radius 1 is 1.00 bits per heavy atom. The fourth-order valence-corrected chi connectivity index (χ4v) is 4.60. The highest BCUT2D eigenvalue weighted by atomic mass is 16.5. The lowest BCUT2D eigenvalue weighted by atomic mass is 9.94. The van der Waals surface area contributed by atoms with Crippen molar-refractivity contribution in [3.63, 3.8) is 0 Å². The van der Waals surface area contributed by atoms with Crippen molar-refractivity contribution < 1.29 is 28.9 Å². The highest BCUT2D eigenvalue weighted by Gasteiger charge is 2.47. The van der Waals surface area contributed by atoms with Gasteiger partial charge in [0.1, 0.15) is 5.76 Å². The van der Waals surface area contributed by atoms with Gasteiger partial charge in [0.2, 0.25) is 0 Å². The molecule has 1 N–H and O–H groups in total. The largest absolute Gasteiger partial charge is 0.507 e. The average molecular weight is 467 g/mol. The molecule has 180 valence electrons. The second kappa shape index (κ2) is 10.7. The van der Waals surface area contributed by atoms with Gasteiger partial charge < -0.3 is 24.2 Å². The summed E-state index contributed by atoms with van der Waals surface area (Å²) in [6.45, 7) is 4.23. The molecule has 2 aliphatic rings. The van der Waals surface area contributed by atoms with Crippen LogP contribution in [0, 0.1) is 0 Å². The molecule has 2 aromatic rings. The number of methoxy groups -OCH3 is 2. The molecular weight excluding hydrogens is 436 g/mol. The zero-order valence-corrected chi connectivity index (χ0v) is 19.5. The molecule has 2 saturated heterocycles. The van der Waals surface area contributed by atoms with Gasteiger partial charge >= 0.3 is 0 Å². The van der Waals surface area contributed by atoms with Crippen LogP contribution in [0.25, 0.3) is 5.76 Å². The summed E-state index contributed by atoms with van der Waals surface area (Å²) in [7, 11) is 3.05. The van der Waals surface area contributed by atoms with Crippen LogP contribution in [0.3, 0.4) is 0 Å². The van der Waals surface area contributed by atoms with Crippen molar-refractivity contribution in [2.45, 2.75) is 12.5 Å². The zero-order chi connectivity index (χ0) is 24.1. The van der Waals surface area contributed by atoms with E-state index in [0.29, 0.717) is 48.8 Å². The van der Waals surface area contributed by atoms with Crippen molar-refractivity contribution in [3.8, 4) is 11.5 Å². The smallest absolute Gasteiger partial charge is 0.295 e. The number of hydrogen-bond acceptors (Lipinski definition) is 7. The van der Waals surface area contributed by atoms with E-state index in [1.807, 2.05) is 6.07 Å². The van der Waals surface area contributed by atoms with E-state index < -0.39 is 17.7 Å². The number of likely N-dealkylation sites (tertiary alicyclic amines) is 1. The predicted molar refractivity (Wildman–Crippen MR) is 127 cm³/mol. The van der Waals surface area contributed by atoms with Crippen LogP contribution in [-0.4, -0.2) is 80.2 Å². The van der Waals surface area contributed by atoms with Gasteiger partial charge in [0, 0.05) is 37.3 Å². The summed E-state index contributed by atoms with van der Waals surface area (Å²) >= 11 is 0. The van der Waals surface area contributed by atoms with Crippen molar-refractivity contribution in [1.82, 2.24) is 9.80 Å². The molecular formula is C26H30N2O6. The summed E-state index contributed by atoms with van der Waals surface area (Å²) in [6, 6.07) is 13.3. The molecule has 4 rings (SSSR count). The van der Waals surface area contributed by atoms with Crippen molar-refractivity contribution >= 4 is 17.4 Å². The van der Waals surface area contributed by atoms with Crippen molar-refractivity contribution in [2.75, 3.05) is 53.6 Å². The van der Waals surface area contributed by atoms with Gasteiger partial charge in [-0.1, -0.05) is 42.5 Å². The molecule has 0 radical (unpaired) electrons. The lowest BCUT2D eigenvalue weighted by molar-refractivity contribution is -0.140. The number of para-hydroxylation sites is 1. The number of morpholine rings is 1. The molecule has 1 amide bonds. The Labute approximate surface area is 199 Å². The third-order valence-corrected chi connectivity index (χ3v) is 6.29. The second-order valence-electron chi connectivity index (χ2n) is 8.25. The number of rotatable bonds is 8. The second-order valence-corrected chi connectivity index (χ2v) is 8.25. The van der Waals surface area contributed by atoms with Gasteiger partial charge in [0.05, 0.1) is 39.0 Å². The Morgan fingerprint density at radius 3 is 2.41 bits per heavy atom. The molecule has 8 nitrogen and oxygen atoms in total. The Kier molecular flexibility index (Phi) is 7.49. The minimum absolute atomic E-state index is 0.0501. The summed E-state index contributed by atoms with van der Waals surface area (Å²) in [5.74, 6) is -0.630. The zero-order valence-electron chi connectivity index (χ0n) is 19.5. The van der Waals surface area contributed by atoms with E-state index in [-0.39, 0.29) is 11.3 Å². The van der Waals surface area contributed by atoms with E-state index in [0.717, 1.165) is 19.6 Å². The van der Waals surface area contributed by atoms with Crippen molar-refractivity contribution in [2.24, 2.45) is 0 Å². The Balaban J connectivity index is 1.74. The van der Waals surface area contributed by atoms with Crippen LogP contribution in [-0.2, 0) is 14.3 Å². The first-order chi connectivity index (χ1) is 16.6. The van der Waals surface area contributed by atoms with E-state index in [1.54, 1.807) is 42.5 Å². The minimum atomic E-state index is -0.796. The quantitative estimate of drug-likeness (QED) is 0.364. The summed E-state index contributed by atoms with van der Waals surface area (Å²) < 4.78 is 16.5. The van der Waals surface area contributed by atoms with Gasteiger partial charge in [0.15, 0.2) is 11.5 Å². The number of carbonyl (C=O) groups excluding carboxylic acids is 2. The number of amides is 1. The molecule has 8 heteroatoms. The Hall–Kier alpha value is -3.36. The summed E-state index contributed by atoms with van der Waals surface area (Å²) in [4.78, 5) is 30.2. The lowest BCUT2D eigenvalue weighted by Gasteiger charge is -2.29. The number of aliphatic hydroxyl groups excluding tert-OH is 1. The van der Waals surface area contributed by atoms with Crippen molar-refractivity contribution in [1.29, 1.82) is 0 Å². The van der Waals surface area contributed by atoms with E-state index in [4.69, 9.17) is 14.2 Å². The van der Waals surface area contributed by atoms with E-state index in [2.05, 4.69) is 4.90 Å². The summed E-state index contributed by atoms with van der Waals surface area (Å²) in [5.41, 5.74) is 1.11. The molecule has 0 spiro atoms. The first kappa shape index (κ1) is 23.8. The summed E-state index contributed by atoms with van der Waals surface area (Å²) in [6.07, 6.45) is 0.682. The highest BCUT2D eigenvalue weighted by Crippen LogP contribution is 2.45. The van der Waals surface area contributed by atoms with Crippen LogP contribution in [0.15, 0.2) is 54.1 Å². The van der Waals surface area contributed by atoms with Gasteiger partial charge in [-0.3, -0.25) is 14.5 Å². The average Bonchev–Trinajstić information content (AvgIpc) is 3.13. The van der Waals surface area contributed by atoms with E-state index in [9.17, 15) is 14.7 Å². The number of ether oxygens (including phenoxy) is 3. The number of nitrogens with zero attached hydrogens (tertiary/aromatic N) is 2. The molecule has 1 atom stereocenters. The third kappa shape index (κ3) is 4.64. The number of hydrogen-bond donors (Lipinski definition) is 1. The van der Waals surface area contributed by atoms with Gasteiger partial charge in [0.25, 0.3) is 11.7 Å². The monoisotopic (exact) mass is 466 g/mol. The number of Topliss-reactive ketones (excluding diaryl/α,β-unsaturated/α-hetero) is 1. The molecule has 0 aliphatic carbocycles. The van der Waals surface area contributed by atoms with Gasteiger partial charge in [-0.15, -0.1) is 0 Å². The minimum Gasteiger partial charge on any atom is -0.507 e. The number of benzene rings is 2. The third-order valence-electron chi connectivity index (χ3n) is 6.29. The normalized spacial score (nSPS) is 20.5. The molecule has 0 saturated carbocycles. The van der Waals surface area contributed by atoms with Gasteiger partial charge in [-0.05, 0) is 12.5 Å². The van der Waals surface area contributed by atoms with Crippen LogP contribution < -0.4 is 9.47 Å². The molecule has 0 aromatic heterocycles. The molecule has 34 heavy (non-hydrogen) atoms. The highest BCUT2D eigenvalue weighted by molar-refractivity contribution is 6.46. The number of aliphatic hydroxyl groups is 1. The fourth-order valence-electron chi connectivity index (χ4n) is 4.60. The maximum atomic E-state index is 13.2. The maximum absolute atomic E-state index is 13.2. The van der Waals surface area contributed by atoms with Crippen LogP contribution in [0.2, 0.25) is 0 Å². The molecule has 2 aliphatic heterocycles. The molecule has 0 unspecified atom stereocenters. The Bertz CT molecular complexity index is 1060. The lowest BCUT2D eigenvalue weighted by Crippen LogP contribution is -2.39. The first-order valence-electron chi connectivity index (χ1n) is 11.4. The Morgan fingerprint density at radius 2 is 1.74 bits per heavy atom. The maximum Gasteiger partial charge on any atom is 0.295 e. The standard InChI is InChI=1S/C26H30N2O6/c1-32-20-11-6-10-19(25(20)33-2)22-21(23(29)18-8-4-3-5-9-18)24(30)26(31)28(22)13-7-12-27-14-16-34-17-15-27/h3-6,8-11,22,29H,7,12-17H2,1-2H3/b23-21+/t22-/m0/s1. The topological polar surface area (TPSA) is 88.5 Å². The van der Waals surface area contributed by atoms with Gasteiger partial charge in [-0.2, -0.15) is 0 Å². The van der Waals surface area contributed by atoms with Crippen LogP contribution in [0.1, 0.15) is 23.6 Å². The van der Waals surface area contributed by atoms with E-state index >= 15 is 0 Å². The first-order valence-corrected chi connectivity index (χ1v) is 11.4. The van der Waals surface area contributed by atoms with Crippen molar-refractivity contribution in [3.05, 3.63) is 65.2 Å². The molecule has 2 heterocycles. The number of ketones is 1. The predicted octanol–water partition coefficient (Wildman–Crippen LogP) is 2.85. The van der Waals surface area contributed by atoms with Crippen LogP contribution in [0.4, 0.5) is 0 Å². The fraction of sp³-hybridized carbons (Fsp3) is 0.385. The molecule has 2 aromatic carbocycles. The SMILES string of the molecule is COc1cccc([C@H]2/C(=C(\O)c3ccccc3)C(=O)C(=O)N2CCCN2CCOCC2)c1OC. The van der Waals surface area contributed by atoms with E-state index in [1.165, 1.54) is 19.1 Å². The molecule has 2 fully saturated rings. The molecule has 0 bridgehead atoms. The van der Waals surface area contributed by atoms with Gasteiger partial charge in [-0.25, -0.2) is 0 Å². The van der Waals surface area contributed by atoms with Crippen LogP contribution >= 0.6 is 0 Å². The summed E-state index contributed by atoms with van der Waals surface area (Å²) in [5, 5.41) is 11.2.